The summed E-state index contributed by atoms with van der Waals surface area (Å²) in [6.45, 7) is 13.3. The molecule has 12 heavy (non-hydrogen) atoms. The maximum absolute atomic E-state index is 3.52. The van der Waals surface area contributed by atoms with Gasteiger partial charge in [0, 0.05) is 37.0 Å². The normalized spacial score (nSPS) is 48.2. The molecule has 2 fully saturated rings. The van der Waals surface area contributed by atoms with Crippen molar-refractivity contribution < 1.29 is 0 Å². The molecule has 0 bridgehead atoms. The molecule has 0 amide bonds. The van der Waals surface area contributed by atoms with Crippen molar-refractivity contribution in [2.45, 2.75) is 20.8 Å². The molecule has 0 aromatic rings. The van der Waals surface area contributed by atoms with Gasteiger partial charge in [0.05, 0.1) is 0 Å². The molecular formula is C10H20N2. The fourth-order valence-electron chi connectivity index (χ4n) is 2.80. The van der Waals surface area contributed by atoms with Crippen molar-refractivity contribution in [1.29, 1.82) is 0 Å². The van der Waals surface area contributed by atoms with Crippen LogP contribution >= 0.6 is 0 Å². The molecule has 1 N–H and O–H groups in total. The molecule has 0 aromatic carbocycles. The van der Waals surface area contributed by atoms with E-state index in [0.29, 0.717) is 10.8 Å². The maximum atomic E-state index is 3.52. The van der Waals surface area contributed by atoms with E-state index in [1.165, 1.54) is 32.7 Å². The number of likely N-dealkylation sites (tertiary alicyclic amines) is 1. The van der Waals surface area contributed by atoms with Crippen LogP contribution in [0.5, 0.6) is 0 Å². The summed E-state index contributed by atoms with van der Waals surface area (Å²) in [4.78, 5) is 2.58. The third kappa shape index (κ3) is 0.944. The Morgan fingerprint density at radius 2 is 1.67 bits per heavy atom. The zero-order valence-corrected chi connectivity index (χ0v) is 8.48. The Hall–Kier alpha value is -0.0800. The molecular weight excluding hydrogens is 148 g/mol. The van der Waals surface area contributed by atoms with Crippen molar-refractivity contribution in [3.63, 3.8) is 0 Å². The standard InChI is InChI=1S/C10H20N2/c1-4-12-7-9(2)5-11-6-10(9,3)8-12/h11H,4-8H2,1-3H3. The molecule has 2 rings (SSSR count). The Morgan fingerprint density at radius 1 is 1.17 bits per heavy atom. The molecule has 0 radical (unpaired) electrons. The van der Waals surface area contributed by atoms with Crippen molar-refractivity contribution in [2.75, 3.05) is 32.7 Å². The van der Waals surface area contributed by atoms with Gasteiger partial charge in [0.1, 0.15) is 0 Å². The number of fused-ring (bicyclic) bond motifs is 1. The van der Waals surface area contributed by atoms with E-state index in [1.54, 1.807) is 0 Å². The molecule has 2 atom stereocenters. The van der Waals surface area contributed by atoms with Crippen molar-refractivity contribution in [3.8, 4) is 0 Å². The van der Waals surface area contributed by atoms with Crippen LogP contribution in [0.1, 0.15) is 20.8 Å². The summed E-state index contributed by atoms with van der Waals surface area (Å²) in [7, 11) is 0. The largest absolute Gasteiger partial charge is 0.316 e. The molecule has 0 aliphatic carbocycles. The molecule has 2 aliphatic rings. The molecule has 2 aliphatic heterocycles. The predicted octanol–water partition coefficient (Wildman–Crippen LogP) is 0.938. The van der Waals surface area contributed by atoms with Crippen LogP contribution < -0.4 is 5.32 Å². The predicted molar refractivity (Wildman–Crippen MR) is 51.2 cm³/mol. The second-order valence-electron chi connectivity index (χ2n) is 5.03. The molecule has 0 spiro atoms. The van der Waals surface area contributed by atoms with E-state index in [0.717, 1.165) is 0 Å². The Balaban J connectivity index is 2.19. The number of rotatable bonds is 1. The molecule has 0 aromatic heterocycles. The smallest absolute Gasteiger partial charge is 0.00538 e. The maximum Gasteiger partial charge on any atom is 0.00538 e. The van der Waals surface area contributed by atoms with Crippen molar-refractivity contribution in [3.05, 3.63) is 0 Å². The first-order valence-corrected chi connectivity index (χ1v) is 5.03. The lowest BCUT2D eigenvalue weighted by Crippen LogP contribution is -2.34. The molecule has 2 unspecified atom stereocenters. The fourth-order valence-corrected chi connectivity index (χ4v) is 2.80. The van der Waals surface area contributed by atoms with E-state index in [9.17, 15) is 0 Å². The van der Waals surface area contributed by atoms with E-state index in [-0.39, 0.29) is 0 Å². The number of nitrogens with zero attached hydrogens (tertiary/aromatic N) is 1. The zero-order valence-electron chi connectivity index (χ0n) is 8.48. The van der Waals surface area contributed by atoms with Crippen LogP contribution in [0.2, 0.25) is 0 Å². The van der Waals surface area contributed by atoms with Crippen molar-refractivity contribution >= 4 is 0 Å². The Bertz CT molecular complexity index is 174. The minimum absolute atomic E-state index is 0.531. The third-order valence-electron chi connectivity index (χ3n) is 4.08. The Kier molecular flexibility index (Phi) is 1.74. The van der Waals surface area contributed by atoms with E-state index in [2.05, 4.69) is 31.0 Å². The summed E-state index contributed by atoms with van der Waals surface area (Å²) >= 11 is 0. The van der Waals surface area contributed by atoms with Gasteiger partial charge in [-0.1, -0.05) is 20.8 Å². The minimum Gasteiger partial charge on any atom is -0.316 e. The lowest BCUT2D eigenvalue weighted by Gasteiger charge is -2.31. The molecule has 2 saturated heterocycles. The average Bonchev–Trinajstić information content (AvgIpc) is 2.38. The highest BCUT2D eigenvalue weighted by Gasteiger charge is 2.54. The molecule has 0 saturated carbocycles. The molecule has 70 valence electrons. The topological polar surface area (TPSA) is 15.3 Å². The summed E-state index contributed by atoms with van der Waals surface area (Å²) in [5.74, 6) is 0. The van der Waals surface area contributed by atoms with Crippen LogP contribution in [0.3, 0.4) is 0 Å². The van der Waals surface area contributed by atoms with Gasteiger partial charge in [-0.3, -0.25) is 0 Å². The van der Waals surface area contributed by atoms with Gasteiger partial charge in [-0.15, -0.1) is 0 Å². The van der Waals surface area contributed by atoms with Crippen LogP contribution in [0.25, 0.3) is 0 Å². The highest BCUT2D eigenvalue weighted by Crippen LogP contribution is 2.48. The Morgan fingerprint density at radius 3 is 2.08 bits per heavy atom. The monoisotopic (exact) mass is 168 g/mol. The highest BCUT2D eigenvalue weighted by molar-refractivity contribution is 5.08. The van der Waals surface area contributed by atoms with Gasteiger partial charge in [0.2, 0.25) is 0 Å². The zero-order chi connectivity index (χ0) is 8.82. The van der Waals surface area contributed by atoms with Gasteiger partial charge in [-0.05, 0) is 6.54 Å². The average molecular weight is 168 g/mol. The van der Waals surface area contributed by atoms with E-state index in [4.69, 9.17) is 0 Å². The van der Waals surface area contributed by atoms with Crippen LogP contribution in [0.15, 0.2) is 0 Å². The highest BCUT2D eigenvalue weighted by atomic mass is 15.2. The van der Waals surface area contributed by atoms with Crippen molar-refractivity contribution in [2.24, 2.45) is 10.8 Å². The van der Waals surface area contributed by atoms with Gasteiger partial charge < -0.3 is 10.2 Å². The van der Waals surface area contributed by atoms with Gasteiger partial charge in [-0.25, -0.2) is 0 Å². The number of hydrogen-bond acceptors (Lipinski definition) is 2. The lowest BCUT2D eigenvalue weighted by molar-refractivity contribution is 0.212. The second-order valence-corrected chi connectivity index (χ2v) is 5.03. The first-order valence-electron chi connectivity index (χ1n) is 5.03. The van der Waals surface area contributed by atoms with E-state index >= 15 is 0 Å². The van der Waals surface area contributed by atoms with Gasteiger partial charge in [-0.2, -0.15) is 0 Å². The van der Waals surface area contributed by atoms with Crippen LogP contribution in [-0.2, 0) is 0 Å². The Labute approximate surface area is 75.3 Å². The summed E-state index contributed by atoms with van der Waals surface area (Å²) in [6, 6.07) is 0. The van der Waals surface area contributed by atoms with Crippen LogP contribution in [0.4, 0.5) is 0 Å². The lowest BCUT2D eigenvalue weighted by atomic mass is 9.71. The van der Waals surface area contributed by atoms with Gasteiger partial charge in [0.15, 0.2) is 0 Å². The molecule has 2 heterocycles. The second kappa shape index (κ2) is 2.46. The number of hydrogen-bond donors (Lipinski definition) is 1. The van der Waals surface area contributed by atoms with Gasteiger partial charge >= 0.3 is 0 Å². The minimum atomic E-state index is 0.531. The first kappa shape index (κ1) is 8.52. The molecule has 2 nitrogen and oxygen atoms in total. The first-order chi connectivity index (χ1) is 5.60. The van der Waals surface area contributed by atoms with Crippen molar-refractivity contribution in [1.82, 2.24) is 10.2 Å². The summed E-state index contributed by atoms with van der Waals surface area (Å²) < 4.78 is 0. The van der Waals surface area contributed by atoms with E-state index < -0.39 is 0 Å². The summed E-state index contributed by atoms with van der Waals surface area (Å²) in [5, 5.41) is 3.52. The molecule has 2 heteroatoms. The van der Waals surface area contributed by atoms with E-state index in [1.807, 2.05) is 0 Å². The van der Waals surface area contributed by atoms with Gasteiger partial charge in [0.25, 0.3) is 0 Å². The quantitative estimate of drug-likeness (QED) is 0.627. The summed E-state index contributed by atoms with van der Waals surface area (Å²) in [6.07, 6.45) is 0. The summed E-state index contributed by atoms with van der Waals surface area (Å²) in [5.41, 5.74) is 1.06. The fraction of sp³-hybridized carbons (Fsp3) is 1.00. The van der Waals surface area contributed by atoms with Crippen LogP contribution in [0, 0.1) is 10.8 Å². The number of nitrogens with one attached hydrogen (secondary N) is 1. The van der Waals surface area contributed by atoms with Crippen LogP contribution in [-0.4, -0.2) is 37.6 Å². The SMILES string of the molecule is CCN1CC2(C)CNCC2(C)C1. The third-order valence-corrected chi connectivity index (χ3v) is 4.08.